The lowest BCUT2D eigenvalue weighted by molar-refractivity contribution is 0.503. The van der Waals surface area contributed by atoms with Crippen LogP contribution in [0.4, 0.5) is 11.4 Å². The van der Waals surface area contributed by atoms with Gasteiger partial charge in [0.25, 0.3) is 0 Å². The third kappa shape index (κ3) is 2.82. The fourth-order valence-electron chi connectivity index (χ4n) is 1.74. The van der Waals surface area contributed by atoms with Crippen molar-refractivity contribution in [1.82, 2.24) is 0 Å². The highest BCUT2D eigenvalue weighted by atomic mass is 79.9. The van der Waals surface area contributed by atoms with Crippen LogP contribution in [0.2, 0.25) is 0 Å². The number of rotatable bonds is 4. The molecule has 3 nitrogen and oxygen atoms in total. The number of anilines is 2. The Morgan fingerprint density at radius 3 is 2.76 bits per heavy atom. The van der Waals surface area contributed by atoms with Gasteiger partial charge >= 0.3 is 0 Å². The standard InChI is InChI=1S/C13H15BrN2O/c1-2-16(9-11-4-3-7-17-11)13-6-5-10(15)8-12(13)14/h3-8H,2,9,15H2,1H3. The third-order valence-electron chi connectivity index (χ3n) is 2.62. The number of nitrogens with zero attached hydrogens (tertiary/aromatic N) is 1. The minimum atomic E-state index is 0.756. The van der Waals surface area contributed by atoms with E-state index in [0.29, 0.717) is 0 Å². The Balaban J connectivity index is 2.23. The van der Waals surface area contributed by atoms with E-state index in [1.807, 2.05) is 30.3 Å². The molecule has 1 aromatic heterocycles. The van der Waals surface area contributed by atoms with Gasteiger partial charge in [-0.05, 0) is 53.2 Å². The molecular formula is C13H15BrN2O. The molecule has 0 bridgehead atoms. The predicted octanol–water partition coefficient (Wildman–Crippen LogP) is 3.65. The molecule has 0 amide bonds. The van der Waals surface area contributed by atoms with E-state index in [1.54, 1.807) is 6.26 Å². The summed E-state index contributed by atoms with van der Waals surface area (Å²) < 4.78 is 6.37. The zero-order valence-electron chi connectivity index (χ0n) is 9.69. The minimum absolute atomic E-state index is 0.756. The van der Waals surface area contributed by atoms with Gasteiger partial charge in [0.1, 0.15) is 5.76 Å². The van der Waals surface area contributed by atoms with E-state index in [4.69, 9.17) is 10.2 Å². The Kier molecular flexibility index (Phi) is 3.74. The van der Waals surface area contributed by atoms with Crippen LogP contribution in [0.1, 0.15) is 12.7 Å². The topological polar surface area (TPSA) is 42.4 Å². The van der Waals surface area contributed by atoms with Crippen molar-refractivity contribution in [2.24, 2.45) is 0 Å². The van der Waals surface area contributed by atoms with Gasteiger partial charge in [0.2, 0.25) is 0 Å². The average molecular weight is 295 g/mol. The van der Waals surface area contributed by atoms with Crippen molar-refractivity contribution in [3.63, 3.8) is 0 Å². The second-order valence-corrected chi connectivity index (χ2v) is 4.66. The molecule has 0 saturated carbocycles. The van der Waals surface area contributed by atoms with Crippen LogP contribution in [0, 0.1) is 0 Å². The highest BCUT2D eigenvalue weighted by molar-refractivity contribution is 9.10. The maximum absolute atomic E-state index is 5.74. The van der Waals surface area contributed by atoms with E-state index in [0.717, 1.165) is 34.7 Å². The molecule has 0 atom stereocenters. The number of hydrogen-bond acceptors (Lipinski definition) is 3. The van der Waals surface area contributed by atoms with Gasteiger partial charge in [-0.1, -0.05) is 0 Å². The summed E-state index contributed by atoms with van der Waals surface area (Å²) in [7, 11) is 0. The van der Waals surface area contributed by atoms with Crippen LogP contribution < -0.4 is 10.6 Å². The summed E-state index contributed by atoms with van der Waals surface area (Å²) in [6, 6.07) is 9.73. The Morgan fingerprint density at radius 1 is 1.35 bits per heavy atom. The second kappa shape index (κ2) is 5.27. The quantitative estimate of drug-likeness (QED) is 0.875. The fourth-order valence-corrected chi connectivity index (χ4v) is 2.38. The minimum Gasteiger partial charge on any atom is -0.467 e. The van der Waals surface area contributed by atoms with Crippen LogP contribution in [0.15, 0.2) is 45.5 Å². The fraction of sp³-hybridized carbons (Fsp3) is 0.231. The van der Waals surface area contributed by atoms with Gasteiger partial charge in [-0.15, -0.1) is 0 Å². The highest BCUT2D eigenvalue weighted by Gasteiger charge is 2.10. The summed E-state index contributed by atoms with van der Waals surface area (Å²) in [4.78, 5) is 2.22. The van der Waals surface area contributed by atoms with Crippen LogP contribution in [0.25, 0.3) is 0 Å². The molecule has 0 unspecified atom stereocenters. The molecule has 0 spiro atoms. The van der Waals surface area contributed by atoms with Gasteiger partial charge in [0, 0.05) is 16.7 Å². The number of halogens is 1. The first kappa shape index (κ1) is 12.0. The van der Waals surface area contributed by atoms with Crippen molar-refractivity contribution in [2.45, 2.75) is 13.5 Å². The van der Waals surface area contributed by atoms with Crippen LogP contribution in [-0.2, 0) is 6.54 Å². The van der Waals surface area contributed by atoms with Gasteiger partial charge in [-0.2, -0.15) is 0 Å². The van der Waals surface area contributed by atoms with Gasteiger partial charge in [-0.3, -0.25) is 0 Å². The van der Waals surface area contributed by atoms with Crippen LogP contribution in [-0.4, -0.2) is 6.54 Å². The lowest BCUT2D eigenvalue weighted by Crippen LogP contribution is -2.22. The lowest BCUT2D eigenvalue weighted by Gasteiger charge is -2.23. The average Bonchev–Trinajstić information content (AvgIpc) is 2.79. The molecule has 17 heavy (non-hydrogen) atoms. The van der Waals surface area contributed by atoms with Gasteiger partial charge in [0.15, 0.2) is 0 Å². The third-order valence-corrected chi connectivity index (χ3v) is 3.26. The van der Waals surface area contributed by atoms with Crippen LogP contribution >= 0.6 is 15.9 Å². The number of nitrogen functional groups attached to an aromatic ring is 1. The molecule has 0 aliphatic heterocycles. The molecule has 2 N–H and O–H groups in total. The smallest absolute Gasteiger partial charge is 0.123 e. The Labute approximate surface area is 109 Å². The molecule has 0 saturated heterocycles. The van der Waals surface area contributed by atoms with Gasteiger partial charge < -0.3 is 15.1 Å². The molecule has 4 heteroatoms. The Hall–Kier alpha value is -1.42. The molecule has 1 aromatic carbocycles. The van der Waals surface area contributed by atoms with Gasteiger partial charge in [0.05, 0.1) is 18.5 Å². The van der Waals surface area contributed by atoms with E-state index < -0.39 is 0 Å². The van der Waals surface area contributed by atoms with Gasteiger partial charge in [-0.25, -0.2) is 0 Å². The van der Waals surface area contributed by atoms with Crippen molar-refractivity contribution < 1.29 is 4.42 Å². The van der Waals surface area contributed by atoms with E-state index in [9.17, 15) is 0 Å². The number of benzene rings is 1. The first-order chi connectivity index (χ1) is 8.20. The van der Waals surface area contributed by atoms with E-state index in [2.05, 4.69) is 27.8 Å². The highest BCUT2D eigenvalue weighted by Crippen LogP contribution is 2.29. The summed E-state index contributed by atoms with van der Waals surface area (Å²) in [5.74, 6) is 0.954. The summed E-state index contributed by atoms with van der Waals surface area (Å²) >= 11 is 3.54. The van der Waals surface area contributed by atoms with Crippen LogP contribution in [0.5, 0.6) is 0 Å². The number of nitrogens with two attached hydrogens (primary N) is 1. The molecule has 0 aliphatic rings. The zero-order chi connectivity index (χ0) is 12.3. The first-order valence-corrected chi connectivity index (χ1v) is 6.32. The molecule has 0 fully saturated rings. The van der Waals surface area contributed by atoms with E-state index in [1.165, 1.54) is 0 Å². The summed E-state index contributed by atoms with van der Waals surface area (Å²) in [6.07, 6.45) is 1.70. The maximum atomic E-state index is 5.74. The molecule has 0 radical (unpaired) electrons. The van der Waals surface area contributed by atoms with Crippen molar-refractivity contribution >= 4 is 27.3 Å². The van der Waals surface area contributed by atoms with Crippen molar-refractivity contribution in [2.75, 3.05) is 17.2 Å². The van der Waals surface area contributed by atoms with Crippen molar-refractivity contribution in [3.05, 3.63) is 46.8 Å². The van der Waals surface area contributed by atoms with Crippen molar-refractivity contribution in [3.8, 4) is 0 Å². The zero-order valence-corrected chi connectivity index (χ0v) is 11.3. The first-order valence-electron chi connectivity index (χ1n) is 5.53. The Bertz CT molecular complexity index is 482. The monoisotopic (exact) mass is 294 g/mol. The molecule has 0 aliphatic carbocycles. The SMILES string of the molecule is CCN(Cc1ccco1)c1ccc(N)cc1Br. The molecule has 1 heterocycles. The summed E-state index contributed by atoms with van der Waals surface area (Å²) in [5.41, 5.74) is 7.62. The van der Waals surface area contributed by atoms with E-state index >= 15 is 0 Å². The summed E-state index contributed by atoms with van der Waals surface area (Å²) in [6.45, 7) is 3.78. The Morgan fingerprint density at radius 2 is 2.18 bits per heavy atom. The second-order valence-electron chi connectivity index (χ2n) is 3.80. The normalized spacial score (nSPS) is 10.5. The largest absolute Gasteiger partial charge is 0.467 e. The molecule has 2 rings (SSSR count). The number of hydrogen-bond donors (Lipinski definition) is 1. The lowest BCUT2D eigenvalue weighted by atomic mass is 10.2. The maximum Gasteiger partial charge on any atom is 0.123 e. The predicted molar refractivity (Wildman–Crippen MR) is 74.0 cm³/mol. The molecule has 2 aromatic rings. The summed E-state index contributed by atoms with van der Waals surface area (Å²) in [5, 5.41) is 0. The van der Waals surface area contributed by atoms with Crippen molar-refractivity contribution in [1.29, 1.82) is 0 Å². The van der Waals surface area contributed by atoms with E-state index in [-0.39, 0.29) is 0 Å². The number of furan rings is 1. The molecular weight excluding hydrogens is 280 g/mol. The molecule has 90 valence electrons. The van der Waals surface area contributed by atoms with Crippen LogP contribution in [0.3, 0.4) is 0 Å².